The van der Waals surface area contributed by atoms with Crippen LogP contribution >= 0.6 is 23.2 Å². The van der Waals surface area contributed by atoms with Crippen LogP contribution in [0.15, 0.2) is 54.7 Å². The van der Waals surface area contributed by atoms with Crippen LogP contribution in [-0.2, 0) is 0 Å². The van der Waals surface area contributed by atoms with Gasteiger partial charge in [0, 0.05) is 55.9 Å². The number of rotatable bonds is 4. The molecule has 0 unspecified atom stereocenters. The van der Waals surface area contributed by atoms with E-state index in [2.05, 4.69) is 58.6 Å². The molecule has 0 radical (unpaired) electrons. The Morgan fingerprint density at radius 3 is 2.49 bits per heavy atom. The maximum Gasteiger partial charge on any atom is 0.263 e. The van der Waals surface area contributed by atoms with Gasteiger partial charge in [-0.05, 0) is 50.2 Å². The van der Waals surface area contributed by atoms with Gasteiger partial charge in [0.1, 0.15) is 5.82 Å². The van der Waals surface area contributed by atoms with Crippen molar-refractivity contribution in [1.29, 1.82) is 0 Å². The fourth-order valence-corrected chi connectivity index (χ4v) is 5.28. The summed E-state index contributed by atoms with van der Waals surface area (Å²) in [5.74, 6) is 0.485. The van der Waals surface area contributed by atoms with Crippen molar-refractivity contribution in [3.8, 4) is 0 Å². The fraction of sp³-hybridized carbons (Fsp3) is 0.308. The summed E-state index contributed by atoms with van der Waals surface area (Å²) in [4.78, 5) is 23.8. The summed E-state index contributed by atoms with van der Waals surface area (Å²) in [6.45, 7) is 7.69. The summed E-state index contributed by atoms with van der Waals surface area (Å²) in [7, 11) is 1.93. The molecule has 0 aliphatic carbocycles. The van der Waals surface area contributed by atoms with E-state index in [4.69, 9.17) is 23.2 Å². The summed E-state index contributed by atoms with van der Waals surface area (Å²) in [6.07, 6.45) is 1.60. The second-order valence-corrected chi connectivity index (χ2v) is 10.4. The minimum absolute atomic E-state index is 0.0957. The van der Waals surface area contributed by atoms with Crippen LogP contribution in [-0.4, -0.2) is 49.8 Å². The minimum atomic E-state index is -0.185. The number of aromatic nitrogens is 1. The van der Waals surface area contributed by atoms with E-state index in [0.717, 1.165) is 31.0 Å². The topological polar surface area (TPSA) is 63.7 Å². The number of carbonyl (C=O) groups excluding carboxylic acids is 1. The molecule has 9 heteroatoms. The molecule has 1 aromatic heterocycles. The third-order valence-electron chi connectivity index (χ3n) is 6.41. The first kappa shape index (κ1) is 23.7. The molecule has 3 aromatic rings. The Hall–Kier alpha value is -3.00. The summed E-state index contributed by atoms with van der Waals surface area (Å²) in [6, 6.07) is 15.5. The van der Waals surface area contributed by atoms with Crippen LogP contribution in [0, 0.1) is 0 Å². The molecule has 0 spiro atoms. The lowest BCUT2D eigenvalue weighted by Crippen LogP contribution is -2.57. The van der Waals surface area contributed by atoms with Gasteiger partial charge in [-0.1, -0.05) is 29.3 Å². The Morgan fingerprint density at radius 2 is 1.80 bits per heavy atom. The Bertz CT molecular complexity index is 1240. The van der Waals surface area contributed by atoms with Gasteiger partial charge in [0.15, 0.2) is 0 Å². The molecule has 1 saturated heterocycles. The van der Waals surface area contributed by atoms with Gasteiger partial charge in [0.05, 0.1) is 33.7 Å². The van der Waals surface area contributed by atoms with E-state index in [-0.39, 0.29) is 11.4 Å². The van der Waals surface area contributed by atoms with Crippen LogP contribution in [0.25, 0.3) is 0 Å². The quantitative estimate of drug-likeness (QED) is 0.491. The van der Waals surface area contributed by atoms with Crippen LogP contribution in [0.4, 0.5) is 28.6 Å². The number of halogens is 2. The number of piperazine rings is 1. The van der Waals surface area contributed by atoms with Gasteiger partial charge in [-0.15, -0.1) is 0 Å². The molecule has 2 aliphatic rings. The van der Waals surface area contributed by atoms with Gasteiger partial charge in [-0.25, -0.2) is 4.98 Å². The number of pyridine rings is 1. The lowest BCUT2D eigenvalue weighted by atomic mass is 10.0. The van der Waals surface area contributed by atoms with Gasteiger partial charge >= 0.3 is 0 Å². The number of nitrogens with zero attached hydrogens (tertiary/aromatic N) is 4. The first-order valence-electron chi connectivity index (χ1n) is 11.6. The van der Waals surface area contributed by atoms with Gasteiger partial charge in [-0.3, -0.25) is 9.69 Å². The molecule has 5 rings (SSSR count). The monoisotopic (exact) mass is 510 g/mol. The lowest BCUT2D eigenvalue weighted by molar-refractivity contribution is 0.0982. The molecular formula is C26H28Cl2N6O. The second kappa shape index (κ2) is 9.22. The third-order valence-corrected chi connectivity index (χ3v) is 7.02. The molecule has 0 saturated carbocycles. The highest BCUT2D eigenvalue weighted by Crippen LogP contribution is 2.38. The molecule has 2 aliphatic heterocycles. The highest BCUT2D eigenvalue weighted by molar-refractivity contribution is 6.40. The molecule has 7 nitrogen and oxygen atoms in total. The molecule has 2 aromatic carbocycles. The second-order valence-electron chi connectivity index (χ2n) is 9.63. The van der Waals surface area contributed by atoms with Crippen molar-refractivity contribution in [2.45, 2.75) is 19.4 Å². The zero-order valence-corrected chi connectivity index (χ0v) is 21.5. The van der Waals surface area contributed by atoms with Crippen LogP contribution in [0.2, 0.25) is 10.0 Å². The van der Waals surface area contributed by atoms with Crippen molar-refractivity contribution in [2.24, 2.45) is 0 Å². The zero-order valence-electron chi connectivity index (χ0n) is 20.0. The minimum Gasteiger partial charge on any atom is -0.368 e. The fourth-order valence-electron chi connectivity index (χ4n) is 4.68. The molecule has 2 N–H and O–H groups in total. The maximum absolute atomic E-state index is 13.3. The summed E-state index contributed by atoms with van der Waals surface area (Å²) < 4.78 is 0. The first-order chi connectivity index (χ1) is 16.7. The van der Waals surface area contributed by atoms with Crippen LogP contribution in [0.3, 0.4) is 0 Å². The number of hydrogen-bond donors (Lipinski definition) is 2. The average Bonchev–Trinajstić information content (AvgIpc) is 2.82. The SMILES string of the molecule is CN1CN(c2c(Cl)cccc2Cl)C(=O)c2cnc(Nc3ccc(N4CCNC(C)(C)C4)cc3)cc21. The highest BCUT2D eigenvalue weighted by Gasteiger charge is 2.31. The number of fused-ring (bicyclic) bond motifs is 1. The molecule has 0 atom stereocenters. The first-order valence-corrected chi connectivity index (χ1v) is 12.3. The normalized spacial score (nSPS) is 17.4. The number of para-hydroxylation sites is 1. The van der Waals surface area contributed by atoms with E-state index in [1.165, 1.54) is 5.69 Å². The number of carbonyl (C=O) groups is 1. The van der Waals surface area contributed by atoms with E-state index < -0.39 is 0 Å². The predicted molar refractivity (Wildman–Crippen MR) is 145 cm³/mol. The Kier molecular flexibility index (Phi) is 6.25. The number of amides is 1. The van der Waals surface area contributed by atoms with E-state index in [9.17, 15) is 4.79 Å². The molecule has 1 amide bonds. The van der Waals surface area contributed by atoms with Gasteiger partial charge in [-0.2, -0.15) is 0 Å². The van der Waals surface area contributed by atoms with E-state index in [0.29, 0.717) is 33.8 Å². The lowest BCUT2D eigenvalue weighted by Gasteiger charge is -2.40. The molecule has 182 valence electrons. The van der Waals surface area contributed by atoms with Crippen molar-refractivity contribution in [3.63, 3.8) is 0 Å². The van der Waals surface area contributed by atoms with Crippen molar-refractivity contribution >= 4 is 57.7 Å². The van der Waals surface area contributed by atoms with Crippen molar-refractivity contribution in [1.82, 2.24) is 10.3 Å². The van der Waals surface area contributed by atoms with Crippen molar-refractivity contribution in [2.75, 3.05) is 53.4 Å². The smallest absolute Gasteiger partial charge is 0.263 e. The number of hydrogen-bond acceptors (Lipinski definition) is 6. The molecule has 1 fully saturated rings. The number of benzene rings is 2. The maximum atomic E-state index is 13.3. The van der Waals surface area contributed by atoms with Crippen LogP contribution < -0.4 is 25.3 Å². The number of nitrogens with one attached hydrogen (secondary N) is 2. The summed E-state index contributed by atoms with van der Waals surface area (Å²) in [5.41, 5.74) is 4.03. The van der Waals surface area contributed by atoms with Crippen LogP contribution in [0.1, 0.15) is 24.2 Å². The van der Waals surface area contributed by atoms with Gasteiger partial charge in [0.2, 0.25) is 0 Å². The zero-order chi connectivity index (χ0) is 24.7. The van der Waals surface area contributed by atoms with Gasteiger partial charge < -0.3 is 20.4 Å². The third kappa shape index (κ3) is 4.76. The number of anilines is 5. The predicted octanol–water partition coefficient (Wildman–Crippen LogP) is 5.37. The molecule has 0 bridgehead atoms. The van der Waals surface area contributed by atoms with E-state index >= 15 is 0 Å². The van der Waals surface area contributed by atoms with Crippen LogP contribution in [0.5, 0.6) is 0 Å². The highest BCUT2D eigenvalue weighted by atomic mass is 35.5. The largest absolute Gasteiger partial charge is 0.368 e. The molecular weight excluding hydrogens is 483 g/mol. The Labute approximate surface area is 215 Å². The molecule has 3 heterocycles. The Balaban J connectivity index is 1.34. The van der Waals surface area contributed by atoms with Crippen molar-refractivity contribution < 1.29 is 4.79 Å². The molecule has 35 heavy (non-hydrogen) atoms. The summed E-state index contributed by atoms with van der Waals surface area (Å²) in [5, 5.41) is 7.77. The van der Waals surface area contributed by atoms with E-state index in [1.807, 2.05) is 18.0 Å². The Morgan fingerprint density at radius 1 is 1.09 bits per heavy atom. The van der Waals surface area contributed by atoms with E-state index in [1.54, 1.807) is 29.3 Å². The standard InChI is InChI=1S/C26H28Cl2N6O/c1-26(2)15-33(12-11-30-26)18-9-7-17(8-10-18)31-23-13-22-19(14-29-23)25(35)34(16-32(22)3)24-20(27)5-4-6-21(24)28/h4-10,13-14,30H,11-12,15-16H2,1-3H3,(H,29,31). The summed E-state index contributed by atoms with van der Waals surface area (Å²) >= 11 is 12.7. The van der Waals surface area contributed by atoms with Crippen molar-refractivity contribution in [3.05, 3.63) is 70.3 Å². The average molecular weight is 511 g/mol. The van der Waals surface area contributed by atoms with Gasteiger partial charge in [0.25, 0.3) is 5.91 Å².